The second kappa shape index (κ2) is 9.75. The average molecular weight is 470 g/mol. The summed E-state index contributed by atoms with van der Waals surface area (Å²) in [5.74, 6) is 1.18. The van der Waals surface area contributed by atoms with Crippen molar-refractivity contribution < 1.29 is 19.4 Å². The van der Waals surface area contributed by atoms with Crippen molar-refractivity contribution in [1.29, 1.82) is 0 Å². The van der Waals surface area contributed by atoms with Crippen molar-refractivity contribution in [2.24, 2.45) is 0 Å². The number of carbonyl (C=O) groups is 1. The quantitative estimate of drug-likeness (QED) is 0.399. The zero-order valence-electron chi connectivity index (χ0n) is 19.0. The van der Waals surface area contributed by atoms with E-state index in [0.717, 1.165) is 30.4 Å². The highest BCUT2D eigenvalue weighted by atomic mass is 35.5. The number of hydrogen-bond donors (Lipinski definition) is 2. The number of amides is 1. The van der Waals surface area contributed by atoms with Gasteiger partial charge in [-0.3, -0.25) is 9.89 Å². The summed E-state index contributed by atoms with van der Waals surface area (Å²) in [6, 6.07) is 10.1. The van der Waals surface area contributed by atoms with Crippen LogP contribution in [0.3, 0.4) is 0 Å². The first-order chi connectivity index (χ1) is 16.0. The highest BCUT2D eigenvalue weighted by molar-refractivity contribution is 6.31. The number of nitrogens with zero attached hydrogens (tertiary/aromatic N) is 2. The van der Waals surface area contributed by atoms with Gasteiger partial charge in [0.25, 0.3) is 5.91 Å². The van der Waals surface area contributed by atoms with Crippen molar-refractivity contribution in [2.45, 2.75) is 39.2 Å². The largest absolute Gasteiger partial charge is 0.507 e. The molecule has 0 aliphatic carbocycles. The zero-order chi connectivity index (χ0) is 23.5. The van der Waals surface area contributed by atoms with Crippen LogP contribution in [0.25, 0.3) is 11.3 Å². The molecule has 3 aromatic rings. The first kappa shape index (κ1) is 23.0. The van der Waals surface area contributed by atoms with Crippen LogP contribution < -0.4 is 9.47 Å². The lowest BCUT2D eigenvalue weighted by atomic mass is 9.95. The number of carbonyl (C=O) groups excluding carboxylic acids is 1. The Morgan fingerprint density at radius 2 is 1.97 bits per heavy atom. The lowest BCUT2D eigenvalue weighted by Gasteiger charge is -2.27. The van der Waals surface area contributed by atoms with Gasteiger partial charge in [0.2, 0.25) is 0 Å². The molecule has 1 aromatic heterocycles. The molecule has 174 valence electrons. The van der Waals surface area contributed by atoms with Crippen molar-refractivity contribution >= 4 is 17.5 Å². The third-order valence-electron chi connectivity index (χ3n) is 5.88. The number of halogens is 1. The highest BCUT2D eigenvalue weighted by Crippen LogP contribution is 2.46. The molecule has 4 rings (SSSR count). The fraction of sp³-hybridized carbons (Fsp3) is 0.360. The molecule has 2 aromatic carbocycles. The summed E-state index contributed by atoms with van der Waals surface area (Å²) in [6.45, 7) is 5.17. The fourth-order valence-electron chi connectivity index (χ4n) is 4.34. The number of aromatic nitrogens is 2. The Bertz CT molecular complexity index is 1160. The van der Waals surface area contributed by atoms with Crippen molar-refractivity contribution in [3.8, 4) is 28.5 Å². The van der Waals surface area contributed by atoms with Gasteiger partial charge in [-0.1, -0.05) is 37.4 Å². The number of ether oxygens (including phenoxy) is 2. The fourth-order valence-corrected chi connectivity index (χ4v) is 4.51. The van der Waals surface area contributed by atoms with Gasteiger partial charge >= 0.3 is 0 Å². The van der Waals surface area contributed by atoms with Gasteiger partial charge in [-0.15, -0.1) is 0 Å². The summed E-state index contributed by atoms with van der Waals surface area (Å²) in [5, 5.41) is 18.3. The number of unbranched alkanes of at least 4 members (excludes halogenated alkanes) is 2. The van der Waals surface area contributed by atoms with Crippen LogP contribution in [0, 0.1) is 0 Å². The first-order valence-electron chi connectivity index (χ1n) is 11.2. The monoisotopic (exact) mass is 469 g/mol. The number of methoxy groups -OCH3 is 1. The Morgan fingerprint density at radius 1 is 1.15 bits per heavy atom. The molecule has 0 radical (unpaired) electrons. The average Bonchev–Trinajstić information content (AvgIpc) is 3.35. The van der Waals surface area contributed by atoms with Crippen LogP contribution >= 0.6 is 11.6 Å². The molecule has 2 heterocycles. The van der Waals surface area contributed by atoms with E-state index in [4.69, 9.17) is 21.1 Å². The molecule has 33 heavy (non-hydrogen) atoms. The lowest BCUT2D eigenvalue weighted by Crippen LogP contribution is -2.30. The summed E-state index contributed by atoms with van der Waals surface area (Å²) in [4.78, 5) is 15.3. The van der Waals surface area contributed by atoms with Gasteiger partial charge in [0.1, 0.15) is 17.1 Å². The molecule has 1 unspecified atom stereocenters. The van der Waals surface area contributed by atoms with Crippen LogP contribution in [0.5, 0.6) is 17.2 Å². The van der Waals surface area contributed by atoms with E-state index in [1.54, 1.807) is 19.2 Å². The summed E-state index contributed by atoms with van der Waals surface area (Å²) >= 11 is 6.21. The van der Waals surface area contributed by atoms with E-state index in [-0.39, 0.29) is 17.7 Å². The SMILES string of the molecule is CCCCCN1C(=O)c2[nH]nc(-c3cc(Cl)ccc3O)c2C1c1ccc(OCC)c(OC)c1. The second-order valence-corrected chi connectivity index (χ2v) is 8.41. The Labute approximate surface area is 198 Å². The van der Waals surface area contributed by atoms with Crippen LogP contribution in [0.15, 0.2) is 36.4 Å². The van der Waals surface area contributed by atoms with E-state index in [2.05, 4.69) is 17.1 Å². The number of phenols is 1. The summed E-state index contributed by atoms with van der Waals surface area (Å²) in [5.41, 5.74) is 3.02. The number of benzene rings is 2. The third kappa shape index (κ3) is 4.25. The van der Waals surface area contributed by atoms with E-state index >= 15 is 0 Å². The maximum absolute atomic E-state index is 13.4. The molecule has 0 spiro atoms. The van der Waals surface area contributed by atoms with Crippen molar-refractivity contribution in [2.75, 3.05) is 20.3 Å². The van der Waals surface area contributed by atoms with Gasteiger partial charge in [-0.25, -0.2) is 0 Å². The number of hydrogen-bond acceptors (Lipinski definition) is 5. The number of fused-ring (bicyclic) bond motifs is 1. The number of H-pyrrole nitrogens is 1. The van der Waals surface area contributed by atoms with Crippen molar-refractivity contribution in [3.63, 3.8) is 0 Å². The van der Waals surface area contributed by atoms with E-state index in [1.165, 1.54) is 6.07 Å². The van der Waals surface area contributed by atoms with Gasteiger partial charge in [-0.2, -0.15) is 5.10 Å². The maximum atomic E-state index is 13.4. The smallest absolute Gasteiger partial charge is 0.273 e. The summed E-state index contributed by atoms with van der Waals surface area (Å²) in [7, 11) is 1.60. The minimum absolute atomic E-state index is 0.0496. The van der Waals surface area contributed by atoms with E-state index in [0.29, 0.717) is 46.6 Å². The Hall–Kier alpha value is -3.19. The van der Waals surface area contributed by atoms with E-state index < -0.39 is 0 Å². The van der Waals surface area contributed by atoms with Gasteiger partial charge < -0.3 is 19.5 Å². The molecule has 0 saturated carbocycles. The molecule has 1 atom stereocenters. The molecular weight excluding hydrogens is 442 g/mol. The summed E-state index contributed by atoms with van der Waals surface area (Å²) < 4.78 is 11.2. The number of aromatic hydroxyl groups is 1. The lowest BCUT2D eigenvalue weighted by molar-refractivity contribution is 0.0740. The minimum Gasteiger partial charge on any atom is -0.507 e. The molecule has 1 aliphatic rings. The Kier molecular flexibility index (Phi) is 6.79. The van der Waals surface area contributed by atoms with Crippen molar-refractivity contribution in [3.05, 3.63) is 58.2 Å². The van der Waals surface area contributed by atoms with Crippen LogP contribution in [0.4, 0.5) is 0 Å². The molecule has 0 bridgehead atoms. The first-order valence-corrected chi connectivity index (χ1v) is 11.6. The molecular formula is C25H28ClN3O4. The Balaban J connectivity index is 1.86. The number of phenolic OH excluding ortho intramolecular Hbond substituents is 1. The van der Waals surface area contributed by atoms with E-state index in [9.17, 15) is 9.90 Å². The molecule has 1 amide bonds. The van der Waals surface area contributed by atoms with Crippen LogP contribution in [-0.2, 0) is 0 Å². The van der Waals surface area contributed by atoms with E-state index in [1.807, 2.05) is 30.0 Å². The number of nitrogens with one attached hydrogen (secondary N) is 1. The van der Waals surface area contributed by atoms with Gasteiger partial charge in [0.05, 0.1) is 19.8 Å². The molecule has 1 aliphatic heterocycles. The molecule has 8 heteroatoms. The van der Waals surface area contributed by atoms with Gasteiger partial charge in [-0.05, 0) is 49.2 Å². The maximum Gasteiger partial charge on any atom is 0.273 e. The minimum atomic E-state index is -0.388. The standard InChI is InChI=1S/C25H28ClN3O4/c1-4-6-7-12-29-24(15-8-11-19(33-5-2)20(13-15)32-3)21-22(27-28-23(21)25(29)31)17-14-16(26)9-10-18(17)30/h8-11,13-14,24,30H,4-7,12H2,1-3H3,(H,27,28). The topological polar surface area (TPSA) is 87.7 Å². The highest BCUT2D eigenvalue weighted by Gasteiger charge is 2.42. The molecule has 0 fully saturated rings. The molecule has 0 saturated heterocycles. The normalized spacial score (nSPS) is 15.1. The molecule has 7 nitrogen and oxygen atoms in total. The third-order valence-corrected chi connectivity index (χ3v) is 6.12. The second-order valence-electron chi connectivity index (χ2n) is 7.97. The Morgan fingerprint density at radius 3 is 2.70 bits per heavy atom. The predicted octanol–water partition coefficient (Wildman–Crippen LogP) is 5.58. The van der Waals surface area contributed by atoms with Gasteiger partial charge in [0, 0.05) is 22.7 Å². The van der Waals surface area contributed by atoms with Crippen LogP contribution in [0.1, 0.15) is 60.8 Å². The van der Waals surface area contributed by atoms with Crippen LogP contribution in [0.2, 0.25) is 5.02 Å². The van der Waals surface area contributed by atoms with Crippen molar-refractivity contribution in [1.82, 2.24) is 15.1 Å². The number of aromatic amines is 1. The zero-order valence-corrected chi connectivity index (χ0v) is 19.8. The van der Waals surface area contributed by atoms with Gasteiger partial charge in [0.15, 0.2) is 11.5 Å². The predicted molar refractivity (Wildman–Crippen MR) is 127 cm³/mol. The number of rotatable bonds is 9. The van der Waals surface area contributed by atoms with Crippen LogP contribution in [-0.4, -0.2) is 46.4 Å². The summed E-state index contributed by atoms with van der Waals surface area (Å²) in [6.07, 6.45) is 2.97. The molecule has 2 N–H and O–H groups in total.